The molecule has 0 radical (unpaired) electrons. The van der Waals surface area contributed by atoms with E-state index in [1.165, 1.54) is 12.1 Å². The van der Waals surface area contributed by atoms with Gasteiger partial charge in [0.2, 0.25) is 0 Å². The topological polar surface area (TPSA) is 41.1 Å². The lowest BCUT2D eigenvalue weighted by Gasteiger charge is -2.09. The van der Waals surface area contributed by atoms with Gasteiger partial charge >= 0.3 is 6.03 Å². The van der Waals surface area contributed by atoms with Gasteiger partial charge in [-0.3, -0.25) is 0 Å². The average Bonchev–Trinajstić information content (AvgIpc) is 2.41. The van der Waals surface area contributed by atoms with Crippen LogP contribution in [0.4, 0.5) is 14.9 Å². The summed E-state index contributed by atoms with van der Waals surface area (Å²) in [7, 11) is 0. The van der Waals surface area contributed by atoms with Crippen LogP contribution < -0.4 is 10.6 Å². The molecule has 0 saturated heterocycles. The fourth-order valence-electron chi connectivity index (χ4n) is 1.89. The number of carbonyl (C=O) groups excluding carboxylic acids is 1. The number of nitrogens with one attached hydrogen (secondary N) is 2. The van der Waals surface area contributed by atoms with Gasteiger partial charge in [0, 0.05) is 12.2 Å². The minimum absolute atomic E-state index is 0.254. The zero-order chi connectivity index (χ0) is 14.4. The quantitative estimate of drug-likeness (QED) is 0.878. The fraction of sp³-hybridized carbons (Fsp3) is 0.188. The van der Waals surface area contributed by atoms with Gasteiger partial charge in [-0.15, -0.1) is 0 Å². The Hall–Kier alpha value is -2.36. The van der Waals surface area contributed by atoms with Crippen LogP contribution in [0.3, 0.4) is 0 Å². The summed E-state index contributed by atoms with van der Waals surface area (Å²) in [4.78, 5) is 11.7. The van der Waals surface area contributed by atoms with Crippen LogP contribution in [0.2, 0.25) is 0 Å². The molecule has 2 aromatic rings. The van der Waals surface area contributed by atoms with Crippen LogP contribution in [0.5, 0.6) is 0 Å². The highest BCUT2D eigenvalue weighted by Gasteiger charge is 2.03. The van der Waals surface area contributed by atoms with Gasteiger partial charge in [-0.25, -0.2) is 9.18 Å². The molecule has 0 unspecified atom stereocenters. The van der Waals surface area contributed by atoms with Crippen molar-refractivity contribution in [2.45, 2.75) is 13.3 Å². The lowest BCUT2D eigenvalue weighted by Crippen LogP contribution is -2.30. The molecule has 0 heterocycles. The molecule has 2 N–H and O–H groups in total. The zero-order valence-electron chi connectivity index (χ0n) is 11.3. The van der Waals surface area contributed by atoms with Crippen LogP contribution in [0.1, 0.15) is 11.1 Å². The van der Waals surface area contributed by atoms with Crippen molar-refractivity contribution in [3.63, 3.8) is 0 Å². The van der Waals surface area contributed by atoms with E-state index in [4.69, 9.17) is 0 Å². The minimum atomic E-state index is -0.258. The van der Waals surface area contributed by atoms with E-state index < -0.39 is 0 Å². The van der Waals surface area contributed by atoms with E-state index in [1.54, 1.807) is 6.07 Å². The average molecular weight is 272 g/mol. The van der Waals surface area contributed by atoms with Crippen LogP contribution in [-0.2, 0) is 6.42 Å². The molecule has 0 saturated carbocycles. The van der Waals surface area contributed by atoms with Crippen LogP contribution in [0.15, 0.2) is 48.5 Å². The number of hydrogen-bond acceptors (Lipinski definition) is 1. The molecule has 0 spiro atoms. The van der Waals surface area contributed by atoms with Gasteiger partial charge in [0.05, 0.1) is 0 Å². The predicted octanol–water partition coefficient (Wildman–Crippen LogP) is 3.50. The van der Waals surface area contributed by atoms with E-state index in [-0.39, 0.29) is 11.8 Å². The maximum absolute atomic E-state index is 13.0. The number of anilines is 1. The number of aryl methyl sites for hydroxylation is 1. The Morgan fingerprint density at radius 3 is 2.70 bits per heavy atom. The molecule has 2 amide bonds. The highest BCUT2D eigenvalue weighted by molar-refractivity contribution is 5.89. The smallest absolute Gasteiger partial charge is 0.319 e. The Morgan fingerprint density at radius 1 is 1.15 bits per heavy atom. The van der Waals surface area contributed by atoms with Crippen LogP contribution in [0.25, 0.3) is 0 Å². The van der Waals surface area contributed by atoms with E-state index in [1.807, 2.05) is 37.3 Å². The second kappa shape index (κ2) is 6.70. The Bertz CT molecular complexity index is 599. The van der Waals surface area contributed by atoms with Gasteiger partial charge in [-0.1, -0.05) is 30.3 Å². The van der Waals surface area contributed by atoms with E-state index in [2.05, 4.69) is 10.6 Å². The maximum Gasteiger partial charge on any atom is 0.319 e. The molecule has 2 aromatic carbocycles. The summed E-state index contributed by atoms with van der Waals surface area (Å²) >= 11 is 0. The van der Waals surface area contributed by atoms with Gasteiger partial charge < -0.3 is 10.6 Å². The van der Waals surface area contributed by atoms with Crippen molar-refractivity contribution < 1.29 is 9.18 Å². The number of para-hydroxylation sites is 1. The highest BCUT2D eigenvalue weighted by atomic mass is 19.1. The number of rotatable bonds is 4. The SMILES string of the molecule is Cc1ccccc1NC(=O)NCCc1cccc(F)c1. The number of hydrogen-bond donors (Lipinski definition) is 2. The molecule has 0 aliphatic rings. The first kappa shape index (κ1) is 14.1. The van der Waals surface area contributed by atoms with Gasteiger partial charge in [0.15, 0.2) is 0 Å². The second-order valence-corrected chi connectivity index (χ2v) is 4.58. The van der Waals surface area contributed by atoms with Gasteiger partial charge in [-0.05, 0) is 42.7 Å². The molecule has 4 heteroatoms. The predicted molar refractivity (Wildman–Crippen MR) is 78.3 cm³/mol. The summed E-state index contributed by atoms with van der Waals surface area (Å²) in [5.74, 6) is -0.258. The third kappa shape index (κ3) is 4.09. The lowest BCUT2D eigenvalue weighted by molar-refractivity contribution is 0.252. The van der Waals surface area contributed by atoms with Crippen molar-refractivity contribution in [1.82, 2.24) is 5.32 Å². The van der Waals surface area contributed by atoms with Crippen molar-refractivity contribution in [1.29, 1.82) is 0 Å². The number of amides is 2. The summed E-state index contributed by atoms with van der Waals surface area (Å²) < 4.78 is 13.0. The number of halogens is 1. The molecule has 0 bridgehead atoms. The molecule has 0 aliphatic heterocycles. The summed E-state index contributed by atoms with van der Waals surface area (Å²) in [6, 6.07) is 13.7. The normalized spacial score (nSPS) is 10.1. The first-order valence-electron chi connectivity index (χ1n) is 6.50. The molecule has 104 valence electrons. The van der Waals surface area contributed by atoms with Crippen molar-refractivity contribution in [3.8, 4) is 0 Å². The fourth-order valence-corrected chi connectivity index (χ4v) is 1.89. The third-order valence-corrected chi connectivity index (χ3v) is 2.98. The Labute approximate surface area is 117 Å². The van der Waals surface area contributed by atoms with E-state index >= 15 is 0 Å². The summed E-state index contributed by atoms with van der Waals surface area (Å²) in [6.07, 6.45) is 0.596. The first-order chi connectivity index (χ1) is 9.65. The van der Waals surface area contributed by atoms with Crippen molar-refractivity contribution in [2.75, 3.05) is 11.9 Å². The van der Waals surface area contributed by atoms with Gasteiger partial charge in [0.25, 0.3) is 0 Å². The monoisotopic (exact) mass is 272 g/mol. The molecule has 3 nitrogen and oxygen atoms in total. The van der Waals surface area contributed by atoms with Gasteiger partial charge in [-0.2, -0.15) is 0 Å². The Kier molecular flexibility index (Phi) is 4.71. The van der Waals surface area contributed by atoms with E-state index in [9.17, 15) is 9.18 Å². The van der Waals surface area contributed by atoms with E-state index in [0.29, 0.717) is 13.0 Å². The number of urea groups is 1. The van der Waals surface area contributed by atoms with Crippen molar-refractivity contribution in [3.05, 3.63) is 65.5 Å². The Balaban J connectivity index is 1.80. The third-order valence-electron chi connectivity index (χ3n) is 2.98. The highest BCUT2D eigenvalue weighted by Crippen LogP contribution is 2.12. The molecule has 0 fully saturated rings. The Morgan fingerprint density at radius 2 is 1.95 bits per heavy atom. The molecular weight excluding hydrogens is 255 g/mol. The second-order valence-electron chi connectivity index (χ2n) is 4.58. The lowest BCUT2D eigenvalue weighted by atomic mass is 10.1. The van der Waals surface area contributed by atoms with Crippen LogP contribution >= 0.6 is 0 Å². The van der Waals surface area contributed by atoms with Gasteiger partial charge in [0.1, 0.15) is 5.82 Å². The number of benzene rings is 2. The van der Waals surface area contributed by atoms with Crippen molar-refractivity contribution >= 4 is 11.7 Å². The zero-order valence-corrected chi connectivity index (χ0v) is 11.3. The molecule has 0 aliphatic carbocycles. The largest absolute Gasteiger partial charge is 0.338 e. The van der Waals surface area contributed by atoms with E-state index in [0.717, 1.165) is 16.8 Å². The van der Waals surface area contributed by atoms with Crippen molar-refractivity contribution in [2.24, 2.45) is 0 Å². The molecule has 2 rings (SSSR count). The number of carbonyl (C=O) groups is 1. The molecule has 0 atom stereocenters. The molecular formula is C16H17FN2O. The molecule has 0 aromatic heterocycles. The molecule has 20 heavy (non-hydrogen) atoms. The minimum Gasteiger partial charge on any atom is -0.338 e. The standard InChI is InChI=1S/C16H17FN2O/c1-12-5-2-3-8-15(12)19-16(20)18-10-9-13-6-4-7-14(17)11-13/h2-8,11H,9-10H2,1H3,(H2,18,19,20). The van der Waals surface area contributed by atoms with Crippen LogP contribution in [-0.4, -0.2) is 12.6 Å². The summed E-state index contributed by atoms with van der Waals surface area (Å²) in [5.41, 5.74) is 2.66. The summed E-state index contributed by atoms with van der Waals surface area (Å²) in [6.45, 7) is 2.39. The first-order valence-corrected chi connectivity index (χ1v) is 6.50. The van der Waals surface area contributed by atoms with Crippen LogP contribution in [0, 0.1) is 12.7 Å². The summed E-state index contributed by atoms with van der Waals surface area (Å²) in [5, 5.41) is 5.54. The maximum atomic E-state index is 13.0.